The molecule has 0 amide bonds. The molecule has 5 nitrogen and oxygen atoms in total. The van der Waals surface area contributed by atoms with Crippen LogP contribution in [0.5, 0.6) is 0 Å². The van der Waals surface area contributed by atoms with E-state index in [0.29, 0.717) is 30.8 Å². The number of hydrogen-bond donors (Lipinski definition) is 0. The van der Waals surface area contributed by atoms with Crippen molar-refractivity contribution in [3.05, 3.63) is 29.2 Å². The summed E-state index contributed by atoms with van der Waals surface area (Å²) in [4.78, 5) is 11.8. The summed E-state index contributed by atoms with van der Waals surface area (Å²) >= 11 is 0. The first-order valence-electron chi connectivity index (χ1n) is 7.14. The van der Waals surface area contributed by atoms with Gasteiger partial charge in [0.1, 0.15) is 11.4 Å². The lowest BCUT2D eigenvalue weighted by molar-refractivity contribution is 0.101. The van der Waals surface area contributed by atoms with Crippen molar-refractivity contribution < 1.29 is 9.18 Å². The lowest BCUT2D eigenvalue weighted by atomic mass is 9.89. The molecule has 0 spiro atoms. The molecule has 1 unspecified atom stereocenters. The van der Waals surface area contributed by atoms with Gasteiger partial charge in [0.15, 0.2) is 11.5 Å². The third-order valence-corrected chi connectivity index (χ3v) is 4.37. The van der Waals surface area contributed by atoms with E-state index in [4.69, 9.17) is 0 Å². The molecule has 108 valence electrons. The SMILES string of the molecule is CC(=O)c1nncc2c1C(C)Cn1nc(C3(F)CC3)cc1-2. The van der Waals surface area contributed by atoms with Crippen molar-refractivity contribution >= 4 is 5.78 Å². The number of carbonyl (C=O) groups excluding carboxylic acids is 1. The van der Waals surface area contributed by atoms with Crippen LogP contribution in [0.2, 0.25) is 0 Å². The number of carbonyl (C=O) groups is 1. The molecule has 2 aromatic rings. The average molecular weight is 286 g/mol. The maximum absolute atomic E-state index is 14.2. The number of fused-ring (bicyclic) bond motifs is 3. The molecule has 0 saturated heterocycles. The van der Waals surface area contributed by atoms with Crippen molar-refractivity contribution in [2.75, 3.05) is 0 Å². The minimum atomic E-state index is -1.25. The van der Waals surface area contributed by atoms with E-state index >= 15 is 0 Å². The maximum atomic E-state index is 14.2. The summed E-state index contributed by atoms with van der Waals surface area (Å²) in [6.45, 7) is 4.15. The van der Waals surface area contributed by atoms with Crippen LogP contribution in [0.4, 0.5) is 4.39 Å². The Morgan fingerprint density at radius 2 is 2.24 bits per heavy atom. The number of halogens is 1. The summed E-state index contributed by atoms with van der Waals surface area (Å²) in [5.41, 5.74) is 2.24. The van der Waals surface area contributed by atoms with Crippen molar-refractivity contribution in [1.29, 1.82) is 0 Å². The van der Waals surface area contributed by atoms with Gasteiger partial charge < -0.3 is 0 Å². The molecule has 4 rings (SSSR count). The first-order chi connectivity index (χ1) is 9.99. The Hall–Kier alpha value is -2.11. The predicted molar refractivity (Wildman–Crippen MR) is 73.7 cm³/mol. The summed E-state index contributed by atoms with van der Waals surface area (Å²) in [6, 6.07) is 1.79. The van der Waals surface area contributed by atoms with Gasteiger partial charge in [0.05, 0.1) is 11.9 Å². The van der Waals surface area contributed by atoms with Crippen LogP contribution in [0, 0.1) is 0 Å². The first-order valence-corrected chi connectivity index (χ1v) is 7.14. The fourth-order valence-corrected chi connectivity index (χ4v) is 3.07. The van der Waals surface area contributed by atoms with Crippen LogP contribution in [0.3, 0.4) is 0 Å². The molecule has 2 aromatic heterocycles. The van der Waals surface area contributed by atoms with Crippen molar-refractivity contribution in [3.63, 3.8) is 0 Å². The Labute approximate surface area is 121 Å². The molecule has 6 heteroatoms. The number of nitrogens with zero attached hydrogens (tertiary/aromatic N) is 4. The van der Waals surface area contributed by atoms with Crippen LogP contribution in [-0.4, -0.2) is 25.8 Å². The van der Waals surface area contributed by atoms with E-state index in [-0.39, 0.29) is 11.7 Å². The van der Waals surface area contributed by atoms with E-state index in [1.807, 2.05) is 11.6 Å². The van der Waals surface area contributed by atoms with Crippen LogP contribution in [0.15, 0.2) is 12.3 Å². The molecule has 2 aliphatic rings. The van der Waals surface area contributed by atoms with Gasteiger partial charge in [-0.3, -0.25) is 9.48 Å². The van der Waals surface area contributed by atoms with Crippen molar-refractivity contribution in [3.8, 4) is 11.3 Å². The number of rotatable bonds is 2. The minimum absolute atomic E-state index is 0.0939. The molecule has 3 heterocycles. The highest BCUT2D eigenvalue weighted by atomic mass is 19.1. The zero-order chi connectivity index (χ0) is 14.8. The second kappa shape index (κ2) is 3.96. The Bertz CT molecular complexity index is 763. The monoisotopic (exact) mass is 286 g/mol. The van der Waals surface area contributed by atoms with E-state index < -0.39 is 5.67 Å². The molecule has 1 aliphatic heterocycles. The number of hydrogen-bond acceptors (Lipinski definition) is 4. The quantitative estimate of drug-likeness (QED) is 0.796. The summed E-state index contributed by atoms with van der Waals surface area (Å²) in [7, 11) is 0. The van der Waals surface area contributed by atoms with Crippen molar-refractivity contribution in [1.82, 2.24) is 20.0 Å². The fourth-order valence-electron chi connectivity index (χ4n) is 3.07. The number of aromatic nitrogens is 4. The molecule has 1 aliphatic carbocycles. The molecular formula is C15H15FN4O. The predicted octanol–water partition coefficient (Wildman–Crippen LogP) is 2.62. The van der Waals surface area contributed by atoms with E-state index in [9.17, 15) is 9.18 Å². The molecule has 0 N–H and O–H groups in total. The van der Waals surface area contributed by atoms with Gasteiger partial charge in [-0.1, -0.05) is 6.92 Å². The van der Waals surface area contributed by atoms with Gasteiger partial charge in [-0.25, -0.2) is 4.39 Å². The Balaban J connectivity index is 1.93. The Kier molecular flexibility index (Phi) is 2.38. The largest absolute Gasteiger partial charge is 0.293 e. The Morgan fingerprint density at radius 3 is 2.90 bits per heavy atom. The standard InChI is InChI=1S/C15H15FN4O/c1-8-7-20-11(5-12(19-20)15(16)3-4-15)10-6-17-18-14(9(2)21)13(8)10/h5-6,8H,3-4,7H2,1-2H3. The minimum Gasteiger partial charge on any atom is -0.293 e. The van der Waals surface area contributed by atoms with Crippen LogP contribution in [0.1, 0.15) is 54.4 Å². The lowest BCUT2D eigenvalue weighted by Crippen LogP contribution is -2.20. The van der Waals surface area contributed by atoms with E-state index in [2.05, 4.69) is 15.3 Å². The topological polar surface area (TPSA) is 60.7 Å². The maximum Gasteiger partial charge on any atom is 0.180 e. The summed E-state index contributed by atoms with van der Waals surface area (Å²) in [5, 5.41) is 12.3. The Morgan fingerprint density at radius 1 is 1.48 bits per heavy atom. The highest BCUT2D eigenvalue weighted by Gasteiger charge is 2.48. The van der Waals surface area contributed by atoms with Crippen LogP contribution < -0.4 is 0 Å². The number of Topliss-reactive ketones (excluding diaryl/α,β-unsaturated/α-hetero) is 1. The zero-order valence-electron chi connectivity index (χ0n) is 11.9. The molecule has 0 bridgehead atoms. The van der Waals surface area contributed by atoms with Gasteiger partial charge in [-0.05, 0) is 24.5 Å². The van der Waals surface area contributed by atoms with E-state index in [0.717, 1.165) is 16.8 Å². The lowest BCUT2D eigenvalue weighted by Gasteiger charge is -2.24. The molecular weight excluding hydrogens is 271 g/mol. The summed E-state index contributed by atoms with van der Waals surface area (Å²) in [6.07, 6.45) is 2.73. The van der Waals surface area contributed by atoms with Gasteiger partial charge in [0.25, 0.3) is 0 Å². The van der Waals surface area contributed by atoms with Crippen LogP contribution in [-0.2, 0) is 12.2 Å². The highest BCUT2D eigenvalue weighted by Crippen LogP contribution is 2.50. The smallest absolute Gasteiger partial charge is 0.180 e. The second-order valence-electron chi connectivity index (χ2n) is 6.04. The third-order valence-electron chi connectivity index (χ3n) is 4.37. The normalized spacial score (nSPS) is 21.6. The molecule has 21 heavy (non-hydrogen) atoms. The molecule has 0 aromatic carbocycles. The van der Waals surface area contributed by atoms with Crippen LogP contribution >= 0.6 is 0 Å². The molecule has 1 atom stereocenters. The van der Waals surface area contributed by atoms with Gasteiger partial charge in [0, 0.05) is 24.9 Å². The van der Waals surface area contributed by atoms with Crippen molar-refractivity contribution in [2.24, 2.45) is 0 Å². The molecule has 1 fully saturated rings. The highest BCUT2D eigenvalue weighted by molar-refractivity contribution is 5.95. The fraction of sp³-hybridized carbons (Fsp3) is 0.467. The number of ketones is 1. The van der Waals surface area contributed by atoms with Gasteiger partial charge >= 0.3 is 0 Å². The van der Waals surface area contributed by atoms with Gasteiger partial charge in [-0.2, -0.15) is 10.2 Å². The van der Waals surface area contributed by atoms with Gasteiger partial charge in [-0.15, -0.1) is 5.10 Å². The summed E-state index contributed by atoms with van der Waals surface area (Å²) < 4.78 is 16.1. The van der Waals surface area contributed by atoms with E-state index in [1.165, 1.54) is 6.92 Å². The van der Waals surface area contributed by atoms with Gasteiger partial charge in [0.2, 0.25) is 0 Å². The third kappa shape index (κ3) is 1.74. The first kappa shape index (κ1) is 12.6. The average Bonchev–Trinajstić information content (AvgIpc) is 3.05. The summed E-state index contributed by atoms with van der Waals surface area (Å²) in [5.74, 6) is 0.00737. The van der Waals surface area contributed by atoms with E-state index in [1.54, 1.807) is 12.3 Å². The molecule has 1 saturated carbocycles. The number of alkyl halides is 1. The van der Waals surface area contributed by atoms with Crippen LogP contribution in [0.25, 0.3) is 11.3 Å². The molecule has 0 radical (unpaired) electrons. The zero-order valence-corrected chi connectivity index (χ0v) is 11.9. The second-order valence-corrected chi connectivity index (χ2v) is 6.04. The van der Waals surface area contributed by atoms with Crippen molar-refractivity contribution in [2.45, 2.75) is 44.8 Å².